The van der Waals surface area contributed by atoms with E-state index in [-0.39, 0.29) is 0 Å². The van der Waals surface area contributed by atoms with Gasteiger partial charge in [0.05, 0.1) is 0 Å². The van der Waals surface area contributed by atoms with Gasteiger partial charge in [-0.15, -0.1) is 0 Å². The van der Waals surface area contributed by atoms with Gasteiger partial charge < -0.3 is 15.0 Å². The molecule has 21 heavy (non-hydrogen) atoms. The van der Waals surface area contributed by atoms with Crippen molar-refractivity contribution < 1.29 is 9.26 Å². The van der Waals surface area contributed by atoms with Crippen molar-refractivity contribution in [2.75, 3.05) is 6.61 Å². The lowest BCUT2D eigenvalue weighted by Crippen LogP contribution is -2.29. The van der Waals surface area contributed by atoms with E-state index in [9.17, 15) is 0 Å². The summed E-state index contributed by atoms with van der Waals surface area (Å²) in [6, 6.07) is 7.83. The average Bonchev–Trinajstić information content (AvgIpc) is 3.03. The zero-order valence-corrected chi connectivity index (χ0v) is 12.9. The quantitative estimate of drug-likeness (QED) is 0.847. The molecule has 0 saturated carbocycles. The Balaban J connectivity index is 2.35. The molecule has 5 nitrogen and oxygen atoms in total. The Morgan fingerprint density at radius 3 is 2.62 bits per heavy atom. The fourth-order valence-corrected chi connectivity index (χ4v) is 2.47. The summed E-state index contributed by atoms with van der Waals surface area (Å²) in [7, 11) is 0. The van der Waals surface area contributed by atoms with Crippen molar-refractivity contribution in [3.05, 3.63) is 35.7 Å². The molecule has 1 heterocycles. The van der Waals surface area contributed by atoms with E-state index in [1.54, 1.807) is 0 Å². The zero-order valence-electron chi connectivity index (χ0n) is 12.9. The fraction of sp³-hybridized carbons (Fsp3) is 0.500. The second-order valence-corrected chi connectivity index (χ2v) is 4.96. The molecule has 0 aliphatic heterocycles. The van der Waals surface area contributed by atoms with Gasteiger partial charge in [-0.1, -0.05) is 31.1 Å². The first kappa shape index (κ1) is 15.7. The second kappa shape index (κ2) is 6.83. The van der Waals surface area contributed by atoms with Crippen LogP contribution in [0.1, 0.15) is 45.0 Å². The molecule has 0 atom stereocenters. The minimum absolute atomic E-state index is 0.470. The maximum Gasteiger partial charge on any atom is 0.258 e. The van der Waals surface area contributed by atoms with Crippen LogP contribution in [0, 0.1) is 0 Å². The van der Waals surface area contributed by atoms with Gasteiger partial charge in [0.25, 0.3) is 5.89 Å². The van der Waals surface area contributed by atoms with Crippen molar-refractivity contribution in [3.63, 3.8) is 0 Å². The van der Waals surface area contributed by atoms with Crippen LogP contribution in [0.15, 0.2) is 28.8 Å². The van der Waals surface area contributed by atoms with Gasteiger partial charge in [0, 0.05) is 18.7 Å². The molecule has 0 bridgehead atoms. The van der Waals surface area contributed by atoms with E-state index in [1.165, 1.54) is 0 Å². The van der Waals surface area contributed by atoms with Crippen LogP contribution in [0.2, 0.25) is 0 Å². The van der Waals surface area contributed by atoms with Gasteiger partial charge in [0.15, 0.2) is 0 Å². The topological polar surface area (TPSA) is 74.2 Å². The summed E-state index contributed by atoms with van der Waals surface area (Å²) >= 11 is 0. The van der Waals surface area contributed by atoms with Crippen molar-refractivity contribution in [3.8, 4) is 11.5 Å². The van der Waals surface area contributed by atoms with Gasteiger partial charge in [-0.2, -0.15) is 4.98 Å². The molecule has 2 rings (SSSR count). The molecule has 2 N–H and O–H groups in total. The van der Waals surface area contributed by atoms with Crippen LogP contribution < -0.4 is 5.73 Å². The number of benzene rings is 1. The predicted octanol–water partition coefficient (Wildman–Crippen LogP) is 3.25. The first-order valence-corrected chi connectivity index (χ1v) is 7.46. The molecule has 0 unspecified atom stereocenters. The molecule has 2 aromatic rings. The van der Waals surface area contributed by atoms with Crippen molar-refractivity contribution in [2.24, 2.45) is 5.73 Å². The molecular formula is C16H23N3O2. The predicted molar refractivity (Wildman–Crippen MR) is 81.5 cm³/mol. The minimum atomic E-state index is -0.470. The van der Waals surface area contributed by atoms with Crippen molar-refractivity contribution >= 4 is 0 Å². The monoisotopic (exact) mass is 289 g/mol. The van der Waals surface area contributed by atoms with E-state index in [0.717, 1.165) is 24.0 Å². The molecule has 0 saturated heterocycles. The molecule has 114 valence electrons. The highest BCUT2D eigenvalue weighted by atomic mass is 16.5. The summed E-state index contributed by atoms with van der Waals surface area (Å²) in [4.78, 5) is 4.55. The molecule has 0 amide bonds. The highest BCUT2D eigenvalue weighted by Gasteiger charge is 2.34. The lowest BCUT2D eigenvalue weighted by molar-refractivity contribution is -0.0583. The van der Waals surface area contributed by atoms with Crippen LogP contribution in [0.4, 0.5) is 0 Å². The maximum atomic E-state index is 5.90. The summed E-state index contributed by atoms with van der Waals surface area (Å²) < 4.78 is 11.3. The first-order valence-electron chi connectivity index (χ1n) is 7.46. The summed E-state index contributed by atoms with van der Waals surface area (Å²) in [5.74, 6) is 1.12. The van der Waals surface area contributed by atoms with Crippen molar-refractivity contribution in [2.45, 2.75) is 45.8 Å². The normalized spacial score (nSPS) is 11.8. The lowest BCUT2D eigenvalue weighted by atomic mass is 9.96. The van der Waals surface area contributed by atoms with Crippen LogP contribution in [0.3, 0.4) is 0 Å². The highest BCUT2D eigenvalue weighted by molar-refractivity contribution is 5.54. The zero-order chi connectivity index (χ0) is 15.3. The maximum absolute atomic E-state index is 5.90. The number of nitrogens with zero attached hydrogens (tertiary/aromatic N) is 2. The van der Waals surface area contributed by atoms with Gasteiger partial charge in [-0.05, 0) is 37.5 Å². The number of aromatic nitrogens is 2. The Labute approximate surface area is 125 Å². The van der Waals surface area contributed by atoms with Gasteiger partial charge in [0.2, 0.25) is 5.82 Å². The van der Waals surface area contributed by atoms with E-state index in [1.807, 2.05) is 31.2 Å². The van der Waals surface area contributed by atoms with Gasteiger partial charge in [0.1, 0.15) is 5.60 Å². The third kappa shape index (κ3) is 3.14. The first-order chi connectivity index (χ1) is 10.2. The van der Waals surface area contributed by atoms with Crippen LogP contribution in [-0.4, -0.2) is 16.7 Å². The Hall–Kier alpha value is -1.72. The Morgan fingerprint density at radius 2 is 2.00 bits per heavy atom. The molecule has 0 fully saturated rings. The number of nitrogens with two attached hydrogens (primary N) is 1. The molecule has 0 spiro atoms. The van der Waals surface area contributed by atoms with Crippen LogP contribution in [0.25, 0.3) is 11.5 Å². The summed E-state index contributed by atoms with van der Waals surface area (Å²) in [6.07, 6.45) is 1.61. The van der Waals surface area contributed by atoms with E-state index in [0.29, 0.717) is 24.9 Å². The fourth-order valence-electron chi connectivity index (χ4n) is 2.47. The molecule has 1 aromatic heterocycles. The van der Waals surface area contributed by atoms with Crippen molar-refractivity contribution in [1.82, 2.24) is 10.1 Å². The molecule has 0 aliphatic carbocycles. The van der Waals surface area contributed by atoms with Crippen LogP contribution in [-0.2, 0) is 16.9 Å². The van der Waals surface area contributed by atoms with Gasteiger partial charge in [-0.3, -0.25) is 0 Å². The van der Waals surface area contributed by atoms with E-state index >= 15 is 0 Å². The van der Waals surface area contributed by atoms with E-state index in [4.69, 9.17) is 15.0 Å². The van der Waals surface area contributed by atoms with Crippen LogP contribution >= 0.6 is 0 Å². The highest BCUT2D eigenvalue weighted by Crippen LogP contribution is 2.32. The van der Waals surface area contributed by atoms with Gasteiger partial charge >= 0.3 is 0 Å². The van der Waals surface area contributed by atoms with Gasteiger partial charge in [-0.25, -0.2) is 0 Å². The largest absolute Gasteiger partial charge is 0.367 e. The van der Waals surface area contributed by atoms with Crippen LogP contribution in [0.5, 0.6) is 0 Å². The van der Waals surface area contributed by atoms with E-state index in [2.05, 4.69) is 24.0 Å². The molecule has 5 heteroatoms. The summed E-state index contributed by atoms with van der Waals surface area (Å²) in [5.41, 5.74) is 7.12. The van der Waals surface area contributed by atoms with E-state index < -0.39 is 5.60 Å². The molecule has 1 aromatic carbocycles. The lowest BCUT2D eigenvalue weighted by Gasteiger charge is -2.27. The standard InChI is InChI=1S/C16H23N3O2/c1-4-16(5-2,20-6-3)15-18-14(21-19-15)13-9-7-8-12(10-13)11-17/h7-10H,4-6,11,17H2,1-3H3. The summed E-state index contributed by atoms with van der Waals surface area (Å²) in [6.45, 7) is 7.23. The Bertz CT molecular complexity index is 576. The Morgan fingerprint density at radius 1 is 1.24 bits per heavy atom. The average molecular weight is 289 g/mol. The number of rotatable bonds is 7. The third-order valence-electron chi connectivity index (χ3n) is 3.81. The van der Waals surface area contributed by atoms with Crippen molar-refractivity contribution in [1.29, 1.82) is 0 Å². The smallest absolute Gasteiger partial charge is 0.258 e. The summed E-state index contributed by atoms with van der Waals surface area (Å²) in [5, 5.41) is 4.14. The number of hydrogen-bond acceptors (Lipinski definition) is 5. The third-order valence-corrected chi connectivity index (χ3v) is 3.81. The number of ether oxygens (including phenoxy) is 1. The molecule has 0 aliphatic rings. The Kier molecular flexibility index (Phi) is 5.09. The minimum Gasteiger partial charge on any atom is -0.367 e. The number of hydrogen-bond donors (Lipinski definition) is 1. The second-order valence-electron chi connectivity index (χ2n) is 4.96. The SMILES string of the molecule is CCOC(CC)(CC)c1noc(-c2cccc(CN)c2)n1. The molecule has 0 radical (unpaired) electrons. The molecular weight excluding hydrogens is 266 g/mol.